The van der Waals surface area contributed by atoms with Gasteiger partial charge in [0.05, 0.1) is 19.2 Å². The van der Waals surface area contributed by atoms with Gasteiger partial charge in [0, 0.05) is 27.4 Å². The highest BCUT2D eigenvalue weighted by atomic mass is 32.1. The molecular formula is C20H20N4OS. The van der Waals surface area contributed by atoms with Crippen molar-refractivity contribution in [3.05, 3.63) is 64.7 Å². The summed E-state index contributed by atoms with van der Waals surface area (Å²) in [5.74, 6) is 1.98. The van der Waals surface area contributed by atoms with Crippen LogP contribution in [0.1, 0.15) is 28.1 Å². The van der Waals surface area contributed by atoms with E-state index >= 15 is 0 Å². The van der Waals surface area contributed by atoms with Gasteiger partial charge >= 0.3 is 0 Å². The van der Waals surface area contributed by atoms with Crippen molar-refractivity contribution >= 4 is 17.2 Å². The van der Waals surface area contributed by atoms with Crippen LogP contribution in [0.2, 0.25) is 0 Å². The molecule has 5 nitrogen and oxygen atoms in total. The molecule has 5 rings (SSSR count). The number of benzene rings is 1. The third-order valence-corrected chi connectivity index (χ3v) is 6.62. The minimum absolute atomic E-state index is 0.312. The van der Waals surface area contributed by atoms with Gasteiger partial charge in [0.1, 0.15) is 11.6 Å². The van der Waals surface area contributed by atoms with Crippen molar-refractivity contribution in [1.82, 2.24) is 15.8 Å². The van der Waals surface area contributed by atoms with E-state index in [1.807, 2.05) is 41.8 Å². The number of hydrogen-bond donors (Lipinski definition) is 3. The zero-order valence-corrected chi connectivity index (χ0v) is 15.2. The van der Waals surface area contributed by atoms with E-state index in [0.717, 1.165) is 17.7 Å². The first-order valence-electron chi connectivity index (χ1n) is 8.72. The van der Waals surface area contributed by atoms with Gasteiger partial charge in [-0.05, 0) is 47.9 Å². The monoisotopic (exact) mass is 364 g/mol. The molecule has 3 unspecified atom stereocenters. The lowest BCUT2D eigenvalue weighted by atomic mass is 9.90. The Labute approximate surface area is 156 Å². The van der Waals surface area contributed by atoms with Gasteiger partial charge in [-0.15, -0.1) is 11.3 Å². The fourth-order valence-corrected chi connectivity index (χ4v) is 5.31. The number of nitrogen functional groups attached to an aromatic ring is 1. The van der Waals surface area contributed by atoms with Gasteiger partial charge in [0.15, 0.2) is 0 Å². The number of rotatable bonds is 3. The van der Waals surface area contributed by atoms with Crippen LogP contribution in [0.25, 0.3) is 10.4 Å². The average molecular weight is 364 g/mol. The molecular weight excluding hydrogens is 344 g/mol. The van der Waals surface area contributed by atoms with E-state index in [0.29, 0.717) is 23.8 Å². The van der Waals surface area contributed by atoms with Crippen molar-refractivity contribution in [2.24, 2.45) is 5.92 Å². The van der Waals surface area contributed by atoms with Crippen molar-refractivity contribution in [3.8, 4) is 16.2 Å². The first-order chi connectivity index (χ1) is 12.7. The highest BCUT2D eigenvalue weighted by Gasteiger charge is 2.44. The molecule has 0 spiro atoms. The second-order valence-electron chi connectivity index (χ2n) is 6.85. The van der Waals surface area contributed by atoms with Crippen molar-refractivity contribution in [2.75, 3.05) is 12.8 Å². The molecule has 0 amide bonds. The lowest BCUT2D eigenvalue weighted by Crippen LogP contribution is -2.27. The summed E-state index contributed by atoms with van der Waals surface area (Å²) < 4.78 is 5.27. The maximum absolute atomic E-state index is 5.70. The normalized spacial score (nSPS) is 23.7. The van der Waals surface area contributed by atoms with Crippen LogP contribution >= 0.6 is 11.3 Å². The Hall–Kier alpha value is -2.41. The molecule has 4 N–H and O–H groups in total. The van der Waals surface area contributed by atoms with Crippen molar-refractivity contribution in [3.63, 3.8) is 0 Å². The second-order valence-corrected chi connectivity index (χ2v) is 7.98. The number of hydrazine groups is 1. The molecule has 0 radical (unpaired) electrons. The van der Waals surface area contributed by atoms with Crippen LogP contribution < -0.4 is 21.3 Å². The average Bonchev–Trinajstić information content (AvgIpc) is 3.33. The molecule has 6 heteroatoms. The van der Waals surface area contributed by atoms with Gasteiger partial charge in [-0.1, -0.05) is 12.1 Å². The molecule has 2 aliphatic rings. The number of nitrogens with zero attached hydrogens (tertiary/aromatic N) is 1. The number of thiophene rings is 1. The van der Waals surface area contributed by atoms with Crippen molar-refractivity contribution < 1.29 is 4.74 Å². The summed E-state index contributed by atoms with van der Waals surface area (Å²) in [5.41, 5.74) is 16.6. The van der Waals surface area contributed by atoms with E-state index in [1.54, 1.807) is 7.11 Å². The van der Waals surface area contributed by atoms with Crippen molar-refractivity contribution in [2.45, 2.75) is 18.5 Å². The third-order valence-electron chi connectivity index (χ3n) is 5.39. The van der Waals surface area contributed by atoms with Gasteiger partial charge < -0.3 is 10.5 Å². The first-order valence-corrected chi connectivity index (χ1v) is 9.54. The summed E-state index contributed by atoms with van der Waals surface area (Å²) >= 11 is 1.87. The minimum Gasteiger partial charge on any atom is -0.497 e. The fraction of sp³-hybridized carbons (Fsp3) is 0.250. The molecule has 0 saturated carbocycles. The lowest BCUT2D eigenvalue weighted by Gasteiger charge is -2.17. The Morgan fingerprint density at radius 3 is 2.65 bits per heavy atom. The SMILES string of the molecule is COc1ccc(C2NNC3c4cc(-c5ccc(N)nc5)sc4CC23)cc1. The number of fused-ring (bicyclic) bond motifs is 3. The molecule has 0 bridgehead atoms. The molecule has 1 aliphatic carbocycles. The highest BCUT2D eigenvalue weighted by molar-refractivity contribution is 7.15. The van der Waals surface area contributed by atoms with E-state index < -0.39 is 0 Å². The highest BCUT2D eigenvalue weighted by Crippen LogP contribution is 2.50. The molecule has 26 heavy (non-hydrogen) atoms. The van der Waals surface area contributed by atoms with Gasteiger partial charge in [0.25, 0.3) is 0 Å². The van der Waals surface area contributed by atoms with E-state index in [-0.39, 0.29) is 0 Å². The molecule has 1 fully saturated rings. The number of pyridine rings is 1. The minimum atomic E-state index is 0.312. The van der Waals surface area contributed by atoms with Crippen LogP contribution in [-0.4, -0.2) is 12.1 Å². The topological polar surface area (TPSA) is 72.2 Å². The maximum atomic E-state index is 5.70. The zero-order chi connectivity index (χ0) is 17.7. The predicted octanol–water partition coefficient (Wildman–Crippen LogP) is 3.46. The third kappa shape index (κ3) is 2.49. The summed E-state index contributed by atoms with van der Waals surface area (Å²) in [7, 11) is 1.70. The number of nitrogens with one attached hydrogen (secondary N) is 2. The molecule has 1 aliphatic heterocycles. The van der Waals surface area contributed by atoms with Crippen LogP contribution in [-0.2, 0) is 6.42 Å². The van der Waals surface area contributed by atoms with E-state index in [4.69, 9.17) is 10.5 Å². The predicted molar refractivity (Wildman–Crippen MR) is 104 cm³/mol. The van der Waals surface area contributed by atoms with Gasteiger partial charge in [-0.25, -0.2) is 15.8 Å². The smallest absolute Gasteiger partial charge is 0.123 e. The lowest BCUT2D eigenvalue weighted by molar-refractivity contribution is 0.413. The molecule has 1 aromatic carbocycles. The van der Waals surface area contributed by atoms with Gasteiger partial charge in [-0.3, -0.25) is 0 Å². The standard InChI is InChI=1S/C20H20N4OS/c1-25-13-5-2-11(3-6-13)19-15-9-17-14(20(15)24-23-19)8-16(26-17)12-4-7-18(21)22-10-12/h2-8,10,15,19-20,23-24H,9H2,1H3,(H2,21,22). The first kappa shape index (κ1) is 15.8. The molecule has 3 heterocycles. The molecule has 132 valence electrons. The Kier molecular flexibility index (Phi) is 3.70. The maximum Gasteiger partial charge on any atom is 0.123 e. The molecule has 1 saturated heterocycles. The number of nitrogens with two attached hydrogens (primary N) is 1. The number of methoxy groups -OCH3 is 1. The Balaban J connectivity index is 1.40. The quantitative estimate of drug-likeness (QED) is 0.664. The van der Waals surface area contributed by atoms with Crippen LogP contribution in [0, 0.1) is 5.92 Å². The number of ether oxygens (including phenoxy) is 1. The second kappa shape index (κ2) is 6.09. The van der Waals surface area contributed by atoms with Crippen LogP contribution in [0.5, 0.6) is 5.75 Å². The number of aromatic nitrogens is 1. The molecule has 3 aromatic rings. The summed E-state index contributed by atoms with van der Waals surface area (Å²) in [4.78, 5) is 6.95. The Bertz CT molecular complexity index is 935. The number of hydrogen-bond acceptors (Lipinski definition) is 6. The van der Waals surface area contributed by atoms with E-state index in [9.17, 15) is 0 Å². The molecule has 2 aromatic heterocycles. The van der Waals surface area contributed by atoms with E-state index in [2.05, 4.69) is 34.0 Å². The summed E-state index contributed by atoms with van der Waals surface area (Å²) in [6, 6.07) is 15.2. The van der Waals surface area contributed by atoms with Crippen molar-refractivity contribution in [1.29, 1.82) is 0 Å². The summed E-state index contributed by atoms with van der Waals surface area (Å²) in [6.45, 7) is 0. The largest absolute Gasteiger partial charge is 0.497 e. The Morgan fingerprint density at radius 2 is 1.92 bits per heavy atom. The Morgan fingerprint density at radius 1 is 1.12 bits per heavy atom. The number of anilines is 1. The van der Waals surface area contributed by atoms with Gasteiger partial charge in [0.2, 0.25) is 0 Å². The zero-order valence-electron chi connectivity index (χ0n) is 14.4. The van der Waals surface area contributed by atoms with Gasteiger partial charge in [-0.2, -0.15) is 0 Å². The molecule has 3 atom stereocenters. The summed E-state index contributed by atoms with van der Waals surface area (Å²) in [6.07, 6.45) is 2.94. The van der Waals surface area contributed by atoms with E-state index in [1.165, 1.54) is 20.9 Å². The van der Waals surface area contributed by atoms with Crippen LogP contribution in [0.3, 0.4) is 0 Å². The van der Waals surface area contributed by atoms with Crippen LogP contribution in [0.15, 0.2) is 48.7 Å². The summed E-state index contributed by atoms with van der Waals surface area (Å²) in [5, 5.41) is 0. The fourth-order valence-electron chi connectivity index (χ4n) is 4.04. The van der Waals surface area contributed by atoms with Crippen LogP contribution in [0.4, 0.5) is 5.82 Å².